The molecular formula is C15H36O3Si3. The number of hydrogen-bond donors (Lipinski definition) is 1. The number of hydrogen-bond acceptors (Lipinski definition) is 2. The van der Waals surface area contributed by atoms with Gasteiger partial charge in [-0.15, -0.1) is 0 Å². The number of rotatable bonds is 11. The van der Waals surface area contributed by atoms with E-state index in [1.165, 1.54) is 36.3 Å². The Morgan fingerprint density at radius 2 is 1.10 bits per heavy atom. The van der Waals surface area contributed by atoms with Crippen LogP contribution in [0.4, 0.5) is 4.79 Å². The quantitative estimate of drug-likeness (QED) is 0.447. The van der Waals surface area contributed by atoms with Crippen LogP contribution >= 0.6 is 0 Å². The summed E-state index contributed by atoms with van der Waals surface area (Å²) in [6.07, 6.45) is -1.07. The van der Waals surface area contributed by atoms with E-state index in [1.54, 1.807) is 0 Å². The van der Waals surface area contributed by atoms with E-state index in [0.717, 1.165) is 0 Å². The third-order valence-electron chi connectivity index (χ3n) is 5.68. The molecule has 1 N–H and O–H groups in total. The highest BCUT2D eigenvalue weighted by Crippen LogP contribution is 2.45. The predicted molar refractivity (Wildman–Crippen MR) is 101 cm³/mol. The topological polar surface area (TPSA) is 46.5 Å². The fourth-order valence-corrected chi connectivity index (χ4v) is 28.4. The molecule has 0 atom stereocenters. The average Bonchev–Trinajstić information content (AvgIpc) is 2.48. The molecule has 0 aromatic rings. The number of carbonyl (C=O) groups is 1. The van der Waals surface area contributed by atoms with Gasteiger partial charge in [0.1, 0.15) is 0 Å². The van der Waals surface area contributed by atoms with E-state index in [2.05, 4.69) is 41.5 Å². The zero-order chi connectivity index (χ0) is 16.5. The Kier molecular flexibility index (Phi) is 10.6. The molecule has 0 aliphatic rings. The standard InChI is InChI=1S/C15H36O3Si3/c1-7-19(8-2)15(13-18-14(16)17,20(9-3)10-4)21(11-5)12-6/h19-21H,7-13H2,1-6H3,(H,16,17). The highest BCUT2D eigenvalue weighted by molar-refractivity contribution is 6.99. The Labute approximate surface area is 136 Å². The first kappa shape index (κ1) is 20.9. The molecule has 3 nitrogen and oxygen atoms in total. The van der Waals surface area contributed by atoms with E-state index in [0.29, 0.717) is 10.9 Å². The second kappa shape index (κ2) is 10.6. The minimum Gasteiger partial charge on any atom is -0.450 e. The van der Waals surface area contributed by atoms with E-state index < -0.39 is 32.5 Å². The predicted octanol–water partition coefficient (Wildman–Crippen LogP) is 4.30. The van der Waals surface area contributed by atoms with Gasteiger partial charge in [0.2, 0.25) is 0 Å². The molecule has 0 saturated heterocycles. The van der Waals surface area contributed by atoms with Crippen molar-refractivity contribution < 1.29 is 14.6 Å². The number of ether oxygens (including phenoxy) is 1. The van der Waals surface area contributed by atoms with Crippen molar-refractivity contribution in [1.29, 1.82) is 0 Å². The Hall–Kier alpha value is -0.0794. The van der Waals surface area contributed by atoms with Gasteiger partial charge >= 0.3 is 6.16 Å². The van der Waals surface area contributed by atoms with Crippen LogP contribution in [0.2, 0.25) is 40.5 Å². The van der Waals surface area contributed by atoms with Gasteiger partial charge in [-0.2, -0.15) is 0 Å². The van der Waals surface area contributed by atoms with Crippen LogP contribution in [-0.4, -0.2) is 44.3 Å². The Balaban J connectivity index is 5.82. The van der Waals surface area contributed by atoms with Gasteiger partial charge in [0.05, 0.1) is 6.61 Å². The normalized spacial score (nSPS) is 12.4. The second-order valence-electron chi connectivity index (χ2n) is 6.21. The first-order valence-electron chi connectivity index (χ1n) is 8.83. The molecule has 0 spiro atoms. The lowest BCUT2D eigenvalue weighted by molar-refractivity contribution is 0.0914. The summed E-state index contributed by atoms with van der Waals surface area (Å²) in [5, 5.41) is 9.08. The maximum absolute atomic E-state index is 11.1. The lowest BCUT2D eigenvalue weighted by Gasteiger charge is -2.48. The highest BCUT2D eigenvalue weighted by Gasteiger charge is 2.49. The second-order valence-corrected chi connectivity index (χ2v) is 20.5. The molecule has 0 aromatic carbocycles. The first-order valence-corrected chi connectivity index (χ1v) is 15.5. The monoisotopic (exact) mass is 348 g/mol. The van der Waals surface area contributed by atoms with E-state index in [4.69, 9.17) is 9.84 Å². The van der Waals surface area contributed by atoms with Gasteiger partial charge in [-0.3, -0.25) is 0 Å². The van der Waals surface area contributed by atoms with Gasteiger partial charge < -0.3 is 9.84 Å². The van der Waals surface area contributed by atoms with E-state index in [1.807, 2.05) is 0 Å². The van der Waals surface area contributed by atoms with E-state index >= 15 is 0 Å². The summed E-state index contributed by atoms with van der Waals surface area (Å²) in [5.74, 6) is 0. The van der Waals surface area contributed by atoms with Gasteiger partial charge in [-0.05, 0) is 4.28 Å². The summed E-state index contributed by atoms with van der Waals surface area (Å²) in [4.78, 5) is 11.1. The van der Waals surface area contributed by atoms with Crippen molar-refractivity contribution in [3.63, 3.8) is 0 Å². The molecule has 0 rings (SSSR count). The van der Waals surface area contributed by atoms with Crippen molar-refractivity contribution >= 4 is 32.5 Å². The molecule has 0 aromatic heterocycles. The smallest absolute Gasteiger partial charge is 0.450 e. The molecule has 21 heavy (non-hydrogen) atoms. The molecule has 0 fully saturated rings. The van der Waals surface area contributed by atoms with Crippen LogP contribution in [0.1, 0.15) is 41.5 Å². The van der Waals surface area contributed by atoms with Gasteiger partial charge in [-0.25, -0.2) is 4.79 Å². The molecule has 0 amide bonds. The fourth-order valence-electron chi connectivity index (χ4n) is 4.69. The summed E-state index contributed by atoms with van der Waals surface area (Å²) < 4.78 is 5.68. The molecule has 0 heterocycles. The summed E-state index contributed by atoms with van der Waals surface area (Å²) in [6, 6.07) is 7.79. The third-order valence-corrected chi connectivity index (χ3v) is 25.1. The molecule has 0 radical (unpaired) electrons. The molecule has 0 unspecified atom stereocenters. The Bertz CT molecular complexity index is 257. The van der Waals surface area contributed by atoms with Crippen molar-refractivity contribution in [1.82, 2.24) is 0 Å². The van der Waals surface area contributed by atoms with Gasteiger partial charge in [0.25, 0.3) is 0 Å². The van der Waals surface area contributed by atoms with Crippen LogP contribution in [0.25, 0.3) is 0 Å². The molecular weight excluding hydrogens is 312 g/mol. The molecule has 0 saturated carbocycles. The maximum Gasteiger partial charge on any atom is 0.505 e. The maximum atomic E-state index is 11.1. The van der Waals surface area contributed by atoms with E-state index in [9.17, 15) is 4.79 Å². The summed E-state index contributed by atoms with van der Waals surface area (Å²) >= 11 is 0. The lowest BCUT2D eigenvalue weighted by Crippen LogP contribution is -2.56. The van der Waals surface area contributed by atoms with Crippen LogP contribution in [0.5, 0.6) is 0 Å². The lowest BCUT2D eigenvalue weighted by atomic mass is 10.8. The van der Waals surface area contributed by atoms with Crippen LogP contribution in [0, 0.1) is 0 Å². The van der Waals surface area contributed by atoms with Crippen molar-refractivity contribution in [2.24, 2.45) is 0 Å². The largest absolute Gasteiger partial charge is 0.505 e. The highest BCUT2D eigenvalue weighted by atomic mass is 28.4. The first-order chi connectivity index (χ1) is 9.97. The fraction of sp³-hybridized carbons (Fsp3) is 0.933. The van der Waals surface area contributed by atoms with E-state index in [-0.39, 0.29) is 0 Å². The molecule has 0 aliphatic heterocycles. The molecule has 6 heteroatoms. The van der Waals surface area contributed by atoms with Crippen LogP contribution in [0.15, 0.2) is 0 Å². The van der Waals surface area contributed by atoms with Crippen molar-refractivity contribution in [2.75, 3.05) is 6.61 Å². The zero-order valence-corrected chi connectivity index (χ0v) is 18.4. The SMILES string of the molecule is CC[SiH](CC)C(COC(=O)O)([SiH](CC)CC)[SiH](CC)CC. The van der Waals surface area contributed by atoms with Crippen LogP contribution in [-0.2, 0) is 4.74 Å². The summed E-state index contributed by atoms with van der Waals surface area (Å²) in [7, 11) is -2.86. The third kappa shape index (κ3) is 4.96. The Morgan fingerprint density at radius 3 is 1.29 bits per heavy atom. The Morgan fingerprint density at radius 1 is 0.810 bits per heavy atom. The van der Waals surface area contributed by atoms with Crippen molar-refractivity contribution in [3.8, 4) is 0 Å². The molecule has 0 aliphatic carbocycles. The van der Waals surface area contributed by atoms with Crippen LogP contribution in [0.3, 0.4) is 0 Å². The van der Waals surface area contributed by atoms with Gasteiger partial charge in [0, 0.05) is 26.4 Å². The van der Waals surface area contributed by atoms with Crippen LogP contribution < -0.4 is 0 Å². The number of carboxylic acid groups (broad SMARTS) is 1. The van der Waals surface area contributed by atoms with Gasteiger partial charge in [0.15, 0.2) is 0 Å². The minimum absolute atomic E-state index is 0.398. The minimum atomic E-state index is -1.07. The summed E-state index contributed by atoms with van der Waals surface area (Å²) in [5.41, 5.74) is 0. The van der Waals surface area contributed by atoms with Gasteiger partial charge in [-0.1, -0.05) is 77.8 Å². The van der Waals surface area contributed by atoms with Crippen molar-refractivity contribution in [2.45, 2.75) is 82.1 Å². The van der Waals surface area contributed by atoms with Crippen molar-refractivity contribution in [3.05, 3.63) is 0 Å². The average molecular weight is 349 g/mol. The zero-order valence-electron chi connectivity index (χ0n) is 14.9. The molecule has 126 valence electrons. The molecule has 0 bridgehead atoms. The summed E-state index contributed by atoms with van der Waals surface area (Å²) in [6.45, 7) is 14.6.